The Balaban J connectivity index is 1.64. The fraction of sp³-hybridized carbons (Fsp3) is 0.316. The molecule has 0 bridgehead atoms. The van der Waals surface area contributed by atoms with Crippen molar-refractivity contribution in [2.75, 3.05) is 11.9 Å². The Hall–Kier alpha value is -2.76. The molecule has 0 aromatic carbocycles. The lowest BCUT2D eigenvalue weighted by atomic mass is 9.97. The summed E-state index contributed by atoms with van der Waals surface area (Å²) in [4.78, 5) is 13.1. The summed E-state index contributed by atoms with van der Waals surface area (Å²) in [5, 5.41) is 3.28. The number of anilines is 1. The number of fused-ring (bicyclic) bond motifs is 2. The van der Waals surface area contributed by atoms with E-state index in [2.05, 4.69) is 47.1 Å². The van der Waals surface area contributed by atoms with Crippen LogP contribution in [0.2, 0.25) is 0 Å². The summed E-state index contributed by atoms with van der Waals surface area (Å²) in [7, 11) is 0. The Bertz CT molecular complexity index is 981. The molecule has 1 aliphatic rings. The van der Waals surface area contributed by atoms with Crippen LogP contribution in [-0.2, 0) is 6.42 Å². The average molecular weight is 337 g/mol. The maximum atomic E-state index is 14.2. The van der Waals surface area contributed by atoms with Gasteiger partial charge in [0.05, 0.1) is 5.69 Å². The fourth-order valence-corrected chi connectivity index (χ4v) is 2.95. The van der Waals surface area contributed by atoms with Gasteiger partial charge in [0.2, 0.25) is 5.95 Å². The summed E-state index contributed by atoms with van der Waals surface area (Å²) in [5.41, 5.74) is 4.18. The van der Waals surface area contributed by atoms with Gasteiger partial charge >= 0.3 is 0 Å². The van der Waals surface area contributed by atoms with Gasteiger partial charge < -0.3 is 9.72 Å². The number of rotatable bonds is 3. The lowest BCUT2D eigenvalue weighted by Crippen LogP contribution is -2.20. The molecule has 3 aromatic heterocycles. The highest BCUT2D eigenvalue weighted by atomic mass is 19.1. The second-order valence-electron chi connectivity index (χ2n) is 7.52. The van der Waals surface area contributed by atoms with Crippen molar-refractivity contribution in [1.82, 2.24) is 19.4 Å². The van der Waals surface area contributed by atoms with Crippen LogP contribution >= 0.6 is 0 Å². The molecule has 4 rings (SSSR count). The van der Waals surface area contributed by atoms with Gasteiger partial charge in [-0.3, -0.25) is 0 Å². The first-order valence-electron chi connectivity index (χ1n) is 8.34. The first kappa shape index (κ1) is 15.7. The molecule has 1 N–H and O–H groups in total. The van der Waals surface area contributed by atoms with Crippen molar-refractivity contribution in [1.29, 1.82) is 0 Å². The van der Waals surface area contributed by atoms with Crippen LogP contribution in [0.25, 0.3) is 11.2 Å². The molecular weight excluding hydrogens is 317 g/mol. The molecule has 0 atom stereocenters. The Morgan fingerprint density at radius 3 is 2.92 bits per heavy atom. The van der Waals surface area contributed by atoms with Gasteiger partial charge in [-0.25, -0.2) is 19.3 Å². The largest absolute Gasteiger partial charge is 0.354 e. The minimum absolute atomic E-state index is 0.156. The van der Waals surface area contributed by atoms with E-state index in [-0.39, 0.29) is 11.2 Å². The zero-order chi connectivity index (χ0) is 17.6. The van der Waals surface area contributed by atoms with E-state index in [0.717, 1.165) is 35.4 Å². The van der Waals surface area contributed by atoms with Crippen molar-refractivity contribution >= 4 is 17.2 Å². The zero-order valence-electron chi connectivity index (χ0n) is 14.5. The summed E-state index contributed by atoms with van der Waals surface area (Å²) >= 11 is 0. The van der Waals surface area contributed by atoms with E-state index in [1.807, 2.05) is 12.4 Å². The number of halogens is 1. The number of allylic oxidation sites excluding steroid dienone is 1. The quantitative estimate of drug-likeness (QED) is 0.791. The maximum absolute atomic E-state index is 14.2. The van der Waals surface area contributed by atoms with Gasteiger partial charge in [-0.05, 0) is 17.1 Å². The lowest BCUT2D eigenvalue weighted by Gasteiger charge is -2.18. The van der Waals surface area contributed by atoms with E-state index >= 15 is 0 Å². The van der Waals surface area contributed by atoms with Crippen LogP contribution in [0.3, 0.4) is 0 Å². The molecule has 6 heteroatoms. The number of nitrogens with zero attached hydrogens (tertiary/aromatic N) is 4. The van der Waals surface area contributed by atoms with Gasteiger partial charge in [0.1, 0.15) is 0 Å². The van der Waals surface area contributed by atoms with Crippen molar-refractivity contribution in [3.63, 3.8) is 0 Å². The molecule has 3 heterocycles. The number of hydrogen-bond donors (Lipinski definition) is 1. The minimum atomic E-state index is -0.332. The molecule has 0 unspecified atom stereocenters. The first-order chi connectivity index (χ1) is 11.9. The van der Waals surface area contributed by atoms with Crippen LogP contribution in [0.1, 0.15) is 37.6 Å². The predicted octanol–water partition coefficient (Wildman–Crippen LogP) is 3.71. The fourth-order valence-electron chi connectivity index (χ4n) is 2.95. The lowest BCUT2D eigenvalue weighted by molar-refractivity contribution is 0.441. The van der Waals surface area contributed by atoms with Crippen molar-refractivity contribution in [2.24, 2.45) is 5.41 Å². The molecule has 25 heavy (non-hydrogen) atoms. The molecule has 0 fully saturated rings. The van der Waals surface area contributed by atoms with E-state index in [4.69, 9.17) is 0 Å². The molecule has 0 aliphatic heterocycles. The summed E-state index contributed by atoms with van der Waals surface area (Å²) in [6, 6.07) is 1.52. The molecule has 0 saturated carbocycles. The SMILES string of the molecule is CC(C)(C)CNc1ncc2c(n1)CC=C2c1cc(F)c2nccn2c1. The van der Waals surface area contributed by atoms with Crippen LogP contribution in [0, 0.1) is 11.2 Å². The van der Waals surface area contributed by atoms with Crippen molar-refractivity contribution in [3.8, 4) is 0 Å². The van der Waals surface area contributed by atoms with Crippen LogP contribution in [0.5, 0.6) is 0 Å². The molecule has 1 aliphatic carbocycles. The van der Waals surface area contributed by atoms with Crippen molar-refractivity contribution in [3.05, 3.63) is 59.6 Å². The maximum Gasteiger partial charge on any atom is 0.222 e. The zero-order valence-corrected chi connectivity index (χ0v) is 14.5. The molecule has 0 amide bonds. The predicted molar refractivity (Wildman–Crippen MR) is 95.9 cm³/mol. The standard InChI is InChI=1S/C19H20FN5/c1-19(2,3)11-23-18-22-9-14-13(4-5-16(14)24-18)12-8-15(20)17-21-6-7-25(17)10-12/h4,6-10H,5,11H2,1-3H3,(H,22,23,24). The van der Waals surface area contributed by atoms with E-state index in [1.165, 1.54) is 6.07 Å². The highest BCUT2D eigenvalue weighted by Crippen LogP contribution is 2.32. The van der Waals surface area contributed by atoms with E-state index in [1.54, 1.807) is 16.8 Å². The van der Waals surface area contributed by atoms with Gasteiger partial charge in [0.15, 0.2) is 11.5 Å². The summed E-state index contributed by atoms with van der Waals surface area (Å²) in [5.74, 6) is 0.306. The molecular formula is C19H20FN5. The van der Waals surface area contributed by atoms with Crippen LogP contribution in [-0.4, -0.2) is 25.9 Å². The number of hydrogen-bond acceptors (Lipinski definition) is 4. The number of aromatic nitrogens is 4. The minimum Gasteiger partial charge on any atom is -0.354 e. The van der Waals surface area contributed by atoms with Gasteiger partial charge in [-0.15, -0.1) is 0 Å². The highest BCUT2D eigenvalue weighted by Gasteiger charge is 2.20. The number of nitrogens with one attached hydrogen (secondary N) is 1. The Labute approximate surface area is 145 Å². The van der Waals surface area contributed by atoms with E-state index in [0.29, 0.717) is 11.6 Å². The Morgan fingerprint density at radius 2 is 2.12 bits per heavy atom. The van der Waals surface area contributed by atoms with Crippen LogP contribution in [0.4, 0.5) is 10.3 Å². The molecule has 0 spiro atoms. The normalized spacial score (nSPS) is 13.8. The van der Waals surface area contributed by atoms with Gasteiger partial charge in [-0.2, -0.15) is 0 Å². The third kappa shape index (κ3) is 2.99. The molecule has 0 saturated heterocycles. The average Bonchev–Trinajstić information content (AvgIpc) is 3.18. The summed E-state index contributed by atoms with van der Waals surface area (Å²) in [6.07, 6.45) is 9.84. The molecule has 0 radical (unpaired) electrons. The second kappa shape index (κ2) is 5.65. The number of imidazole rings is 1. The second-order valence-corrected chi connectivity index (χ2v) is 7.52. The molecule has 5 nitrogen and oxygen atoms in total. The Kier molecular flexibility index (Phi) is 3.56. The van der Waals surface area contributed by atoms with Crippen LogP contribution < -0.4 is 5.32 Å². The highest BCUT2D eigenvalue weighted by molar-refractivity contribution is 5.84. The monoisotopic (exact) mass is 337 g/mol. The Morgan fingerprint density at radius 1 is 1.28 bits per heavy atom. The van der Waals surface area contributed by atoms with Crippen LogP contribution in [0.15, 0.2) is 36.9 Å². The first-order valence-corrected chi connectivity index (χ1v) is 8.34. The summed E-state index contributed by atoms with van der Waals surface area (Å²) < 4.78 is 15.9. The third-order valence-electron chi connectivity index (χ3n) is 4.19. The van der Waals surface area contributed by atoms with E-state index < -0.39 is 0 Å². The third-order valence-corrected chi connectivity index (χ3v) is 4.19. The van der Waals surface area contributed by atoms with Crippen molar-refractivity contribution < 1.29 is 4.39 Å². The van der Waals surface area contributed by atoms with Crippen molar-refractivity contribution in [2.45, 2.75) is 27.2 Å². The van der Waals surface area contributed by atoms with E-state index in [9.17, 15) is 4.39 Å². The van der Waals surface area contributed by atoms with Gasteiger partial charge in [-0.1, -0.05) is 26.8 Å². The molecule has 3 aromatic rings. The molecule has 128 valence electrons. The van der Waals surface area contributed by atoms with Gasteiger partial charge in [0.25, 0.3) is 0 Å². The smallest absolute Gasteiger partial charge is 0.222 e. The summed E-state index contributed by atoms with van der Waals surface area (Å²) in [6.45, 7) is 7.28. The topological polar surface area (TPSA) is 55.1 Å². The number of pyridine rings is 1. The van der Waals surface area contributed by atoms with Gasteiger partial charge in [0, 0.05) is 48.9 Å².